The Morgan fingerprint density at radius 2 is 1.79 bits per heavy atom. The van der Waals surface area contributed by atoms with Crippen LogP contribution < -0.4 is 0 Å². The smallest absolute Gasteiger partial charge is 0.0652 e. The summed E-state index contributed by atoms with van der Waals surface area (Å²) in [6.07, 6.45) is 5.30. The van der Waals surface area contributed by atoms with Crippen molar-refractivity contribution in [1.29, 1.82) is 0 Å². The largest absolute Gasteiger partial charge is 0.241 e. The quantitative estimate of drug-likeness (QED) is 0.606. The third-order valence-corrected chi connectivity index (χ3v) is 5.62. The standard InChI is InChI=1S/C22H24N2/c1-5-15(2)16-13-23-24(14-16)17-10-11-21-19(12-17)18-8-6-7-9-20(18)22(21,3)4/h6-15H,5H2,1-4H3. The summed E-state index contributed by atoms with van der Waals surface area (Å²) in [5.74, 6) is 0.549. The molecule has 0 fully saturated rings. The molecular weight excluding hydrogens is 292 g/mol. The maximum absolute atomic E-state index is 4.59. The van der Waals surface area contributed by atoms with Gasteiger partial charge < -0.3 is 0 Å². The van der Waals surface area contributed by atoms with E-state index in [0.29, 0.717) is 5.92 Å². The summed E-state index contributed by atoms with van der Waals surface area (Å²) < 4.78 is 2.01. The van der Waals surface area contributed by atoms with Crippen LogP contribution in [-0.4, -0.2) is 9.78 Å². The number of fused-ring (bicyclic) bond motifs is 3. The van der Waals surface area contributed by atoms with Crippen LogP contribution in [0.4, 0.5) is 0 Å². The molecule has 1 heterocycles. The summed E-state index contributed by atoms with van der Waals surface area (Å²) in [5.41, 5.74) is 8.02. The highest BCUT2D eigenvalue weighted by atomic mass is 15.3. The van der Waals surface area contributed by atoms with Gasteiger partial charge in [0.15, 0.2) is 0 Å². The summed E-state index contributed by atoms with van der Waals surface area (Å²) in [5, 5.41) is 4.59. The van der Waals surface area contributed by atoms with E-state index in [2.05, 4.69) is 81.5 Å². The molecule has 0 amide bonds. The lowest BCUT2D eigenvalue weighted by molar-refractivity contribution is 0.660. The fraction of sp³-hybridized carbons (Fsp3) is 0.318. The van der Waals surface area contributed by atoms with Gasteiger partial charge >= 0.3 is 0 Å². The van der Waals surface area contributed by atoms with E-state index in [4.69, 9.17) is 0 Å². The molecule has 24 heavy (non-hydrogen) atoms. The Balaban J connectivity index is 1.82. The van der Waals surface area contributed by atoms with E-state index in [0.717, 1.165) is 12.1 Å². The van der Waals surface area contributed by atoms with Crippen molar-refractivity contribution in [2.24, 2.45) is 0 Å². The van der Waals surface area contributed by atoms with Crippen LogP contribution in [-0.2, 0) is 5.41 Å². The third kappa shape index (κ3) is 2.13. The monoisotopic (exact) mass is 316 g/mol. The molecule has 122 valence electrons. The third-order valence-electron chi connectivity index (χ3n) is 5.62. The number of rotatable bonds is 3. The number of benzene rings is 2. The molecule has 0 spiro atoms. The maximum Gasteiger partial charge on any atom is 0.0652 e. The summed E-state index contributed by atoms with van der Waals surface area (Å²) in [7, 11) is 0. The first kappa shape index (κ1) is 15.2. The molecule has 4 rings (SSSR count). The number of hydrogen-bond acceptors (Lipinski definition) is 1. The lowest BCUT2D eigenvalue weighted by Gasteiger charge is -2.21. The lowest BCUT2D eigenvalue weighted by atomic mass is 9.82. The molecule has 1 aliphatic rings. The van der Waals surface area contributed by atoms with E-state index < -0.39 is 0 Å². The highest BCUT2D eigenvalue weighted by Crippen LogP contribution is 2.48. The van der Waals surface area contributed by atoms with Crippen LogP contribution in [0, 0.1) is 0 Å². The molecule has 1 unspecified atom stereocenters. The molecule has 3 aromatic rings. The van der Waals surface area contributed by atoms with Gasteiger partial charge in [0.05, 0.1) is 11.9 Å². The molecule has 0 aliphatic heterocycles. The van der Waals surface area contributed by atoms with Gasteiger partial charge in [-0.15, -0.1) is 0 Å². The molecular formula is C22H24N2. The molecule has 1 atom stereocenters. The highest BCUT2D eigenvalue weighted by Gasteiger charge is 2.35. The van der Waals surface area contributed by atoms with Crippen LogP contribution in [0.2, 0.25) is 0 Å². The number of aromatic nitrogens is 2. The minimum atomic E-state index is 0.0659. The van der Waals surface area contributed by atoms with Gasteiger partial charge in [0, 0.05) is 11.6 Å². The van der Waals surface area contributed by atoms with E-state index in [1.807, 2.05) is 10.9 Å². The van der Waals surface area contributed by atoms with Crippen molar-refractivity contribution in [3.05, 3.63) is 71.5 Å². The van der Waals surface area contributed by atoms with Gasteiger partial charge in [0.25, 0.3) is 0 Å². The first-order chi connectivity index (χ1) is 11.5. The Bertz CT molecular complexity index is 902. The number of hydrogen-bond donors (Lipinski definition) is 0. The summed E-state index contributed by atoms with van der Waals surface area (Å²) in [6, 6.07) is 15.5. The number of nitrogens with zero attached hydrogens (tertiary/aromatic N) is 2. The highest BCUT2D eigenvalue weighted by molar-refractivity contribution is 5.81. The summed E-state index contributed by atoms with van der Waals surface area (Å²) >= 11 is 0. The van der Waals surface area contributed by atoms with Crippen molar-refractivity contribution in [2.45, 2.75) is 45.4 Å². The molecule has 1 aliphatic carbocycles. The second-order valence-corrected chi connectivity index (χ2v) is 7.43. The zero-order valence-electron chi connectivity index (χ0n) is 14.9. The Labute approximate surface area is 144 Å². The van der Waals surface area contributed by atoms with Crippen molar-refractivity contribution in [2.75, 3.05) is 0 Å². The van der Waals surface area contributed by atoms with E-state index in [1.165, 1.54) is 27.8 Å². The molecule has 2 nitrogen and oxygen atoms in total. The lowest BCUT2D eigenvalue weighted by Crippen LogP contribution is -2.14. The maximum atomic E-state index is 4.59. The van der Waals surface area contributed by atoms with Gasteiger partial charge in [-0.2, -0.15) is 5.10 Å². The predicted octanol–water partition coefficient (Wildman–Crippen LogP) is 5.69. The zero-order valence-corrected chi connectivity index (χ0v) is 14.9. The average molecular weight is 316 g/mol. The molecule has 0 radical (unpaired) electrons. The fourth-order valence-electron chi connectivity index (χ4n) is 3.82. The van der Waals surface area contributed by atoms with E-state index in [1.54, 1.807) is 0 Å². The van der Waals surface area contributed by atoms with Crippen LogP contribution in [0.1, 0.15) is 56.7 Å². The van der Waals surface area contributed by atoms with E-state index in [-0.39, 0.29) is 5.41 Å². The predicted molar refractivity (Wildman–Crippen MR) is 99.8 cm³/mol. The SMILES string of the molecule is CCC(C)c1cnn(-c2ccc3c(c2)-c2ccccc2C3(C)C)c1. The first-order valence-electron chi connectivity index (χ1n) is 8.81. The van der Waals surface area contributed by atoms with Gasteiger partial charge in [0.2, 0.25) is 0 Å². The van der Waals surface area contributed by atoms with Crippen LogP contribution in [0.25, 0.3) is 16.8 Å². The van der Waals surface area contributed by atoms with Gasteiger partial charge in [-0.05, 0) is 52.3 Å². The molecule has 2 aromatic carbocycles. The average Bonchev–Trinajstić information content (AvgIpc) is 3.17. The van der Waals surface area contributed by atoms with Crippen LogP contribution in [0.15, 0.2) is 54.9 Å². The minimum Gasteiger partial charge on any atom is -0.241 e. The van der Waals surface area contributed by atoms with Crippen molar-refractivity contribution in [3.63, 3.8) is 0 Å². The van der Waals surface area contributed by atoms with Gasteiger partial charge in [-0.25, -0.2) is 4.68 Å². The van der Waals surface area contributed by atoms with E-state index in [9.17, 15) is 0 Å². The normalized spacial score (nSPS) is 15.8. The van der Waals surface area contributed by atoms with Crippen molar-refractivity contribution >= 4 is 0 Å². The van der Waals surface area contributed by atoms with E-state index >= 15 is 0 Å². The molecule has 0 saturated heterocycles. The molecule has 1 aromatic heterocycles. The zero-order chi connectivity index (χ0) is 16.9. The Morgan fingerprint density at radius 1 is 1.04 bits per heavy atom. The molecule has 0 N–H and O–H groups in total. The van der Waals surface area contributed by atoms with Crippen molar-refractivity contribution < 1.29 is 0 Å². The minimum absolute atomic E-state index is 0.0659. The van der Waals surface area contributed by atoms with Gasteiger partial charge in [-0.1, -0.05) is 58.0 Å². The van der Waals surface area contributed by atoms with Gasteiger partial charge in [0.1, 0.15) is 0 Å². The Morgan fingerprint density at radius 3 is 2.58 bits per heavy atom. The van der Waals surface area contributed by atoms with Crippen LogP contribution in [0.5, 0.6) is 0 Å². The van der Waals surface area contributed by atoms with Crippen molar-refractivity contribution in [3.8, 4) is 16.8 Å². The molecule has 2 heteroatoms. The van der Waals surface area contributed by atoms with Crippen molar-refractivity contribution in [1.82, 2.24) is 9.78 Å². The molecule has 0 saturated carbocycles. The Hall–Kier alpha value is -2.35. The second-order valence-electron chi connectivity index (χ2n) is 7.43. The summed E-state index contributed by atoms with van der Waals surface area (Å²) in [4.78, 5) is 0. The topological polar surface area (TPSA) is 17.8 Å². The van der Waals surface area contributed by atoms with Crippen LogP contribution in [0.3, 0.4) is 0 Å². The Kier molecular flexibility index (Phi) is 3.38. The van der Waals surface area contributed by atoms with Gasteiger partial charge in [-0.3, -0.25) is 0 Å². The molecule has 0 bridgehead atoms. The summed E-state index contributed by atoms with van der Waals surface area (Å²) in [6.45, 7) is 9.10. The van der Waals surface area contributed by atoms with Crippen LogP contribution >= 0.6 is 0 Å². The fourth-order valence-corrected chi connectivity index (χ4v) is 3.82. The second kappa shape index (κ2) is 5.34. The first-order valence-corrected chi connectivity index (χ1v) is 8.81.